The molecule has 0 aromatic rings. The van der Waals surface area contributed by atoms with E-state index in [0.29, 0.717) is 23.7 Å². The molecule has 6 saturated carbocycles. The molecule has 0 amide bonds. The second kappa shape index (κ2) is 13.6. The third-order valence-electron chi connectivity index (χ3n) is 13.4. The van der Waals surface area contributed by atoms with E-state index in [4.69, 9.17) is 9.47 Å². The molecule has 264 valence electrons. The average Bonchev–Trinajstić information content (AvgIpc) is 3.58. The fourth-order valence-electron chi connectivity index (χ4n) is 11.7. The summed E-state index contributed by atoms with van der Waals surface area (Å²) in [4.78, 5) is 41.8. The Labute approximate surface area is 276 Å². The summed E-state index contributed by atoms with van der Waals surface area (Å²) in [5.41, 5.74) is -1.80. The maximum absolute atomic E-state index is 14.8. The molecule has 8 aliphatic rings. The number of hydrogen-bond acceptors (Lipinski definition) is 7. The molecule has 8 fully saturated rings. The first kappa shape index (κ1) is 41.6. The van der Waals surface area contributed by atoms with Gasteiger partial charge in [-0.2, -0.15) is 0 Å². The lowest BCUT2D eigenvalue weighted by Gasteiger charge is -2.60. The topological polar surface area (TPSA) is 104 Å². The highest BCUT2D eigenvalue weighted by Gasteiger charge is 2.69. The van der Waals surface area contributed by atoms with Crippen LogP contribution in [0.4, 0.5) is 0 Å². The number of sulfone groups is 1. The van der Waals surface area contributed by atoms with Crippen LogP contribution in [-0.4, -0.2) is 43.4 Å². The van der Waals surface area contributed by atoms with Crippen molar-refractivity contribution in [3.05, 3.63) is 0 Å². The smallest absolute Gasteiger partial charge is 0.318 e. The summed E-state index contributed by atoms with van der Waals surface area (Å²) >= 11 is 0. The van der Waals surface area contributed by atoms with Crippen molar-refractivity contribution in [1.29, 1.82) is 0 Å². The minimum absolute atomic E-state index is 0. The predicted molar refractivity (Wildman–Crippen MR) is 183 cm³/mol. The Balaban J connectivity index is 0.00000169. The quantitative estimate of drug-likeness (QED) is 0.217. The Hall–Kier alpha value is -1.44. The third-order valence-corrected chi connectivity index (χ3v) is 15.4. The summed E-state index contributed by atoms with van der Waals surface area (Å²) in [6, 6.07) is 0. The van der Waals surface area contributed by atoms with Crippen LogP contribution in [0.25, 0.3) is 0 Å². The van der Waals surface area contributed by atoms with Crippen molar-refractivity contribution in [3.63, 3.8) is 0 Å². The van der Waals surface area contributed by atoms with E-state index in [1.807, 2.05) is 13.8 Å². The molecule has 9 atom stereocenters. The molecule has 2 aliphatic heterocycles. The van der Waals surface area contributed by atoms with Crippen LogP contribution in [0.1, 0.15) is 124 Å². The van der Waals surface area contributed by atoms with Gasteiger partial charge in [0.25, 0.3) is 0 Å². The molecule has 2 heterocycles. The van der Waals surface area contributed by atoms with Crippen molar-refractivity contribution in [2.45, 2.75) is 129 Å². The molecular formula is C37H68O7S. The van der Waals surface area contributed by atoms with Crippen LogP contribution in [0.2, 0.25) is 0 Å². The summed E-state index contributed by atoms with van der Waals surface area (Å²) in [5.74, 6) is -1.49. The highest BCUT2D eigenvalue weighted by Crippen LogP contribution is 2.64. The first-order valence-corrected chi connectivity index (χ1v) is 17.3. The Morgan fingerprint density at radius 1 is 0.822 bits per heavy atom. The fourth-order valence-corrected chi connectivity index (χ4v) is 14.0. The van der Waals surface area contributed by atoms with Gasteiger partial charge in [-0.15, -0.1) is 0 Å². The first-order valence-electron chi connectivity index (χ1n) is 15.5. The number of ether oxygens (including phenoxy) is 2. The van der Waals surface area contributed by atoms with Crippen molar-refractivity contribution in [2.75, 3.05) is 11.5 Å². The molecule has 8 heteroatoms. The van der Waals surface area contributed by atoms with Gasteiger partial charge in [-0.3, -0.25) is 14.4 Å². The summed E-state index contributed by atoms with van der Waals surface area (Å²) < 4.78 is 37.3. The second-order valence-electron chi connectivity index (χ2n) is 15.3. The van der Waals surface area contributed by atoms with E-state index in [-0.39, 0.29) is 79.8 Å². The van der Waals surface area contributed by atoms with Crippen molar-refractivity contribution in [2.24, 2.45) is 76.4 Å². The summed E-state index contributed by atoms with van der Waals surface area (Å²) in [5, 5.41) is 0. The highest BCUT2D eigenvalue weighted by atomic mass is 32.2. The van der Waals surface area contributed by atoms with Crippen molar-refractivity contribution < 1.29 is 32.3 Å². The van der Waals surface area contributed by atoms with Gasteiger partial charge in [0, 0.05) is 0 Å². The number of carbonyl (C=O) groups excluding carboxylic acids is 3. The minimum atomic E-state index is -3.33. The van der Waals surface area contributed by atoms with Crippen LogP contribution in [-0.2, 0) is 33.7 Å². The number of esters is 3. The molecule has 9 unspecified atom stereocenters. The number of rotatable bonds is 5. The van der Waals surface area contributed by atoms with E-state index in [9.17, 15) is 22.8 Å². The van der Waals surface area contributed by atoms with Crippen molar-refractivity contribution in [3.8, 4) is 0 Å². The molecule has 45 heavy (non-hydrogen) atoms. The summed E-state index contributed by atoms with van der Waals surface area (Å²) in [6.07, 6.45) is 8.89. The molecular weight excluding hydrogens is 588 g/mol. The van der Waals surface area contributed by atoms with Crippen LogP contribution in [0, 0.1) is 76.4 Å². The number of cyclic esters (lactones) is 2. The van der Waals surface area contributed by atoms with Crippen LogP contribution < -0.4 is 0 Å². The zero-order valence-electron chi connectivity index (χ0n) is 23.8. The summed E-state index contributed by atoms with van der Waals surface area (Å²) in [6.45, 7) is 8.05. The number of hydrogen-bond donors (Lipinski definition) is 0. The van der Waals surface area contributed by atoms with Gasteiger partial charge in [-0.1, -0.05) is 58.4 Å². The van der Waals surface area contributed by atoms with Gasteiger partial charge < -0.3 is 9.47 Å². The molecule has 0 aromatic carbocycles. The van der Waals surface area contributed by atoms with Crippen LogP contribution in [0.5, 0.6) is 0 Å². The van der Waals surface area contributed by atoms with Gasteiger partial charge >= 0.3 is 17.9 Å². The monoisotopic (exact) mass is 656 g/mol. The van der Waals surface area contributed by atoms with Crippen molar-refractivity contribution >= 4 is 27.7 Å². The molecule has 0 aromatic heterocycles. The number of fused-ring (bicyclic) bond motifs is 2. The first-order chi connectivity index (χ1) is 18.3. The Kier molecular flexibility index (Phi) is 12.6. The standard InChI is InChI=1S/C31H44O7S.6CH4/c1-15-13-39(35,36)14-23(15)24-26(28(33)37-27(24)32)30(3,25-16(2)19-5-6-20(25)12-19)29(34)38-31(4)21-8-17-7-18(10-21)11-22(31)9-17;;;;;;/h15-26H,5-14H2,1-4H3;6*1H4. The molecule has 0 N–H and O–H groups in total. The zero-order valence-corrected chi connectivity index (χ0v) is 24.6. The lowest BCUT2D eigenvalue weighted by molar-refractivity contribution is -0.221. The van der Waals surface area contributed by atoms with Crippen molar-refractivity contribution in [1.82, 2.24) is 0 Å². The van der Waals surface area contributed by atoms with E-state index in [1.165, 1.54) is 6.42 Å². The van der Waals surface area contributed by atoms with Gasteiger partial charge in [-0.05, 0) is 124 Å². The molecule has 0 spiro atoms. The van der Waals surface area contributed by atoms with Gasteiger partial charge in [-0.25, -0.2) is 8.42 Å². The zero-order chi connectivity index (χ0) is 27.6. The van der Waals surface area contributed by atoms with Gasteiger partial charge in [0.1, 0.15) is 5.60 Å². The SMILES string of the molecule is C.C.C.C.C.C.CC1CS(=O)(=O)CC1C1C(=O)OC(=O)C1C(C)(C(=O)OC1(C)C2CC3CC(C2)CC1C3)C1C2CCC(C2)C1C. The van der Waals surface area contributed by atoms with Crippen LogP contribution >= 0.6 is 0 Å². The molecule has 6 bridgehead atoms. The Bertz CT molecular complexity index is 1180. The lowest BCUT2D eigenvalue weighted by Crippen LogP contribution is -2.61. The molecule has 7 nitrogen and oxygen atoms in total. The number of carbonyl (C=O) groups is 3. The van der Waals surface area contributed by atoms with Crippen LogP contribution in [0.15, 0.2) is 0 Å². The van der Waals surface area contributed by atoms with E-state index >= 15 is 0 Å². The van der Waals surface area contributed by atoms with Gasteiger partial charge in [0.2, 0.25) is 0 Å². The minimum Gasteiger partial charge on any atom is -0.458 e. The fraction of sp³-hybridized carbons (Fsp3) is 0.919. The molecule has 8 rings (SSSR count). The summed E-state index contributed by atoms with van der Waals surface area (Å²) in [7, 11) is -3.33. The second-order valence-corrected chi connectivity index (χ2v) is 17.5. The van der Waals surface area contributed by atoms with Crippen LogP contribution in [0.3, 0.4) is 0 Å². The molecule has 6 aliphatic carbocycles. The Morgan fingerprint density at radius 2 is 1.36 bits per heavy atom. The van der Waals surface area contributed by atoms with E-state index in [1.54, 1.807) is 0 Å². The Morgan fingerprint density at radius 3 is 1.82 bits per heavy atom. The van der Waals surface area contributed by atoms with E-state index < -0.39 is 50.5 Å². The molecule has 0 radical (unpaired) electrons. The predicted octanol–water partition coefficient (Wildman–Crippen LogP) is 8.25. The normalized spacial score (nSPS) is 45.7. The van der Waals surface area contributed by atoms with Gasteiger partial charge in [0.15, 0.2) is 9.84 Å². The van der Waals surface area contributed by atoms with E-state index in [2.05, 4.69) is 13.8 Å². The molecule has 2 saturated heterocycles. The lowest BCUT2D eigenvalue weighted by atomic mass is 9.50. The van der Waals surface area contributed by atoms with Gasteiger partial charge in [0.05, 0.1) is 28.8 Å². The third kappa shape index (κ3) is 5.94. The van der Waals surface area contributed by atoms with E-state index in [0.717, 1.165) is 56.8 Å². The highest BCUT2D eigenvalue weighted by molar-refractivity contribution is 7.91. The maximum Gasteiger partial charge on any atom is 0.318 e. The largest absolute Gasteiger partial charge is 0.458 e. The average molecular weight is 657 g/mol. The maximum atomic E-state index is 14.8.